The molecule has 0 spiro atoms. The molecule has 17 heavy (non-hydrogen) atoms. The summed E-state index contributed by atoms with van der Waals surface area (Å²) in [5.74, 6) is 0.758. The number of para-hydroxylation sites is 1. The van der Waals surface area contributed by atoms with E-state index in [1.807, 2.05) is 24.3 Å². The number of nitriles is 1. The maximum atomic E-state index is 13.5. The average molecular weight is 243 g/mol. The van der Waals surface area contributed by atoms with Gasteiger partial charge in [0.1, 0.15) is 23.4 Å². The molecule has 0 aliphatic carbocycles. The summed E-state index contributed by atoms with van der Waals surface area (Å²) in [4.78, 5) is 1.64. The van der Waals surface area contributed by atoms with Crippen LogP contribution in [0.25, 0.3) is 0 Å². The molecule has 2 nitrogen and oxygen atoms in total. The minimum atomic E-state index is -0.512. The monoisotopic (exact) mass is 243 g/mol. The lowest BCUT2D eigenvalue weighted by molar-refractivity contribution is 0.451. The second kappa shape index (κ2) is 3.79. The van der Waals surface area contributed by atoms with Crippen molar-refractivity contribution in [1.82, 2.24) is 0 Å². The van der Waals surface area contributed by atoms with Gasteiger partial charge in [-0.1, -0.05) is 23.9 Å². The normalized spacial score (nSPS) is 12.0. The van der Waals surface area contributed by atoms with Crippen LogP contribution in [-0.2, 0) is 0 Å². The molecule has 2 aromatic carbocycles. The van der Waals surface area contributed by atoms with Gasteiger partial charge in [-0.05, 0) is 18.2 Å². The van der Waals surface area contributed by atoms with Gasteiger partial charge in [-0.3, -0.25) is 0 Å². The van der Waals surface area contributed by atoms with E-state index in [1.54, 1.807) is 6.07 Å². The summed E-state index contributed by atoms with van der Waals surface area (Å²) in [6, 6.07) is 12.1. The Balaban J connectivity index is 2.13. The van der Waals surface area contributed by atoms with E-state index in [1.165, 1.54) is 23.9 Å². The molecule has 1 heterocycles. The number of hydrogen-bond donors (Lipinski definition) is 0. The molecule has 0 N–H and O–H groups in total. The first-order chi connectivity index (χ1) is 8.28. The highest BCUT2D eigenvalue weighted by Gasteiger charge is 2.19. The number of halogens is 1. The second-order valence-electron chi connectivity index (χ2n) is 3.54. The molecule has 0 amide bonds. The first kappa shape index (κ1) is 10.2. The molecule has 0 atom stereocenters. The van der Waals surface area contributed by atoms with Gasteiger partial charge in [-0.2, -0.15) is 5.26 Å². The smallest absolute Gasteiger partial charge is 0.142 e. The third-order valence-corrected chi connectivity index (χ3v) is 3.54. The quantitative estimate of drug-likeness (QED) is 0.599. The first-order valence-corrected chi connectivity index (χ1v) is 5.78. The molecule has 4 heteroatoms. The second-order valence-corrected chi connectivity index (χ2v) is 4.63. The fourth-order valence-electron chi connectivity index (χ4n) is 1.64. The summed E-state index contributed by atoms with van der Waals surface area (Å²) >= 11 is 1.44. The van der Waals surface area contributed by atoms with Crippen LogP contribution in [-0.4, -0.2) is 0 Å². The minimum absolute atomic E-state index is 0.00345. The Bertz CT molecular complexity index is 648. The number of nitrogens with zero attached hydrogens (tertiary/aromatic N) is 1. The highest BCUT2D eigenvalue weighted by molar-refractivity contribution is 7.99. The van der Waals surface area contributed by atoms with Gasteiger partial charge in [-0.15, -0.1) is 0 Å². The van der Waals surface area contributed by atoms with Crippen molar-refractivity contribution in [2.75, 3.05) is 0 Å². The van der Waals surface area contributed by atoms with Gasteiger partial charge in [0, 0.05) is 6.07 Å². The van der Waals surface area contributed by atoms with E-state index < -0.39 is 5.82 Å². The van der Waals surface area contributed by atoms with Gasteiger partial charge in [0.15, 0.2) is 0 Å². The lowest BCUT2D eigenvalue weighted by Crippen LogP contribution is -1.97. The summed E-state index contributed by atoms with van der Waals surface area (Å²) < 4.78 is 19.1. The highest BCUT2D eigenvalue weighted by atomic mass is 32.2. The number of ether oxygens (including phenoxy) is 1. The molecule has 3 rings (SSSR count). The number of hydrogen-bond acceptors (Lipinski definition) is 3. The fraction of sp³-hybridized carbons (Fsp3) is 0. The Morgan fingerprint density at radius 3 is 2.76 bits per heavy atom. The van der Waals surface area contributed by atoms with Gasteiger partial charge in [0.25, 0.3) is 0 Å². The van der Waals surface area contributed by atoms with Crippen LogP contribution in [0, 0.1) is 17.1 Å². The average Bonchev–Trinajstić information content (AvgIpc) is 2.35. The van der Waals surface area contributed by atoms with Gasteiger partial charge in [-0.25, -0.2) is 4.39 Å². The molecule has 1 aliphatic heterocycles. The van der Waals surface area contributed by atoms with Crippen molar-refractivity contribution in [3.8, 4) is 17.6 Å². The molecule has 0 bridgehead atoms. The van der Waals surface area contributed by atoms with Crippen LogP contribution in [0.5, 0.6) is 11.5 Å². The zero-order valence-electron chi connectivity index (χ0n) is 8.61. The molecular weight excluding hydrogens is 237 g/mol. The van der Waals surface area contributed by atoms with Gasteiger partial charge >= 0.3 is 0 Å². The minimum Gasteiger partial charge on any atom is -0.455 e. The lowest BCUT2D eigenvalue weighted by Gasteiger charge is -2.19. The molecular formula is C13H6FNOS. The van der Waals surface area contributed by atoms with Crippen LogP contribution < -0.4 is 4.74 Å². The molecule has 0 radical (unpaired) electrons. The van der Waals surface area contributed by atoms with E-state index in [9.17, 15) is 4.39 Å². The summed E-state index contributed by atoms with van der Waals surface area (Å²) in [6.45, 7) is 0. The number of fused-ring (bicyclic) bond motifs is 2. The van der Waals surface area contributed by atoms with E-state index >= 15 is 0 Å². The third kappa shape index (κ3) is 1.65. The zero-order chi connectivity index (χ0) is 11.8. The Kier molecular flexibility index (Phi) is 2.27. The van der Waals surface area contributed by atoms with Gasteiger partial charge < -0.3 is 4.74 Å². The molecule has 0 fully saturated rings. The third-order valence-electron chi connectivity index (χ3n) is 2.44. The van der Waals surface area contributed by atoms with E-state index in [-0.39, 0.29) is 5.56 Å². The maximum absolute atomic E-state index is 13.5. The van der Waals surface area contributed by atoms with Crippen molar-refractivity contribution in [3.63, 3.8) is 0 Å². The summed E-state index contributed by atoms with van der Waals surface area (Å²) in [5.41, 5.74) is 0.00345. The van der Waals surface area contributed by atoms with E-state index in [4.69, 9.17) is 10.00 Å². The molecule has 0 aromatic heterocycles. The standard InChI is InChI=1S/C13H6FNOS/c14-9-6-13-11(5-8(9)7-15)16-10-3-1-2-4-12(10)17-13/h1-6H. The van der Waals surface area contributed by atoms with Crippen LogP contribution >= 0.6 is 11.8 Å². The fourth-order valence-corrected chi connectivity index (χ4v) is 2.59. The van der Waals surface area contributed by atoms with Crippen molar-refractivity contribution in [3.05, 3.63) is 47.8 Å². The molecule has 82 valence electrons. The zero-order valence-corrected chi connectivity index (χ0v) is 9.42. The van der Waals surface area contributed by atoms with Gasteiger partial charge in [0.05, 0.1) is 15.4 Å². The maximum Gasteiger partial charge on any atom is 0.142 e. The van der Waals surface area contributed by atoms with Crippen molar-refractivity contribution in [2.45, 2.75) is 9.79 Å². The van der Waals surface area contributed by atoms with Crippen molar-refractivity contribution < 1.29 is 9.13 Å². The molecule has 0 saturated carbocycles. The van der Waals surface area contributed by atoms with Crippen molar-refractivity contribution in [2.24, 2.45) is 0 Å². The SMILES string of the molecule is N#Cc1cc2c(cc1F)Sc1ccccc1O2. The number of rotatable bonds is 0. The predicted molar refractivity (Wildman–Crippen MR) is 61.8 cm³/mol. The molecule has 1 aliphatic rings. The highest BCUT2D eigenvalue weighted by Crippen LogP contribution is 2.47. The van der Waals surface area contributed by atoms with Crippen LogP contribution in [0.15, 0.2) is 46.2 Å². The Morgan fingerprint density at radius 2 is 1.94 bits per heavy atom. The predicted octanol–water partition coefficient (Wildman–Crippen LogP) is 3.95. The Hall–Kier alpha value is -1.99. The number of benzene rings is 2. The first-order valence-electron chi connectivity index (χ1n) is 4.96. The summed E-state index contributed by atoms with van der Waals surface area (Å²) in [5, 5.41) is 8.76. The van der Waals surface area contributed by atoms with E-state index in [0.29, 0.717) is 10.6 Å². The molecule has 2 aromatic rings. The van der Waals surface area contributed by atoms with Crippen molar-refractivity contribution in [1.29, 1.82) is 5.26 Å². The lowest BCUT2D eigenvalue weighted by atomic mass is 10.2. The van der Waals surface area contributed by atoms with Crippen LogP contribution in [0.2, 0.25) is 0 Å². The van der Waals surface area contributed by atoms with Crippen molar-refractivity contribution >= 4 is 11.8 Å². The largest absolute Gasteiger partial charge is 0.455 e. The molecule has 0 saturated heterocycles. The van der Waals surface area contributed by atoms with Crippen LogP contribution in [0.3, 0.4) is 0 Å². The van der Waals surface area contributed by atoms with E-state index in [0.717, 1.165) is 10.6 Å². The Morgan fingerprint density at radius 1 is 1.12 bits per heavy atom. The Labute approximate surface area is 102 Å². The van der Waals surface area contributed by atoms with E-state index in [2.05, 4.69) is 0 Å². The summed E-state index contributed by atoms with van der Waals surface area (Å²) in [6.07, 6.45) is 0. The van der Waals surface area contributed by atoms with Crippen LogP contribution in [0.4, 0.5) is 4.39 Å². The molecule has 0 unspecified atom stereocenters. The summed E-state index contributed by atoms with van der Waals surface area (Å²) in [7, 11) is 0. The topological polar surface area (TPSA) is 33.0 Å². The van der Waals surface area contributed by atoms with Gasteiger partial charge in [0.2, 0.25) is 0 Å². The van der Waals surface area contributed by atoms with Crippen LogP contribution in [0.1, 0.15) is 5.56 Å².